The third-order valence-electron chi connectivity index (χ3n) is 3.71. The smallest absolute Gasteiger partial charge is 0.134 e. The average molecular weight is 299 g/mol. The summed E-state index contributed by atoms with van der Waals surface area (Å²) in [6.45, 7) is 13.0. The summed E-state index contributed by atoms with van der Waals surface area (Å²) in [6.07, 6.45) is 1.18. The molecular formula is C16H27ClN2O. The Balaban J connectivity index is 2.44. The minimum Gasteiger partial charge on any atom is -0.506 e. The summed E-state index contributed by atoms with van der Waals surface area (Å²) in [5.41, 5.74) is 1.15. The first-order chi connectivity index (χ1) is 9.60. The molecule has 0 spiro atoms. The fraction of sp³-hybridized carbons (Fsp3) is 0.625. The predicted molar refractivity (Wildman–Crippen MR) is 86.5 cm³/mol. The van der Waals surface area contributed by atoms with E-state index in [2.05, 4.69) is 30.6 Å². The van der Waals surface area contributed by atoms with Gasteiger partial charge in [0.2, 0.25) is 0 Å². The van der Waals surface area contributed by atoms with Crippen molar-refractivity contribution in [1.29, 1.82) is 0 Å². The van der Waals surface area contributed by atoms with Crippen LogP contribution < -0.4 is 0 Å². The fourth-order valence-corrected chi connectivity index (χ4v) is 2.52. The maximum atomic E-state index is 9.44. The maximum Gasteiger partial charge on any atom is 0.134 e. The average Bonchev–Trinajstić information content (AvgIpc) is 2.46. The Morgan fingerprint density at radius 2 is 1.60 bits per heavy atom. The van der Waals surface area contributed by atoms with E-state index in [-0.39, 0.29) is 5.75 Å². The second-order valence-corrected chi connectivity index (χ2v) is 5.44. The van der Waals surface area contributed by atoms with Gasteiger partial charge in [0.1, 0.15) is 5.75 Å². The molecule has 0 unspecified atom stereocenters. The predicted octanol–water partition coefficient (Wildman–Crippen LogP) is 3.60. The Morgan fingerprint density at radius 3 is 2.15 bits per heavy atom. The van der Waals surface area contributed by atoms with Crippen molar-refractivity contribution in [2.45, 2.75) is 33.7 Å². The first-order valence-electron chi connectivity index (χ1n) is 7.52. The number of halogens is 1. The Kier molecular flexibility index (Phi) is 7.97. The second-order valence-electron chi connectivity index (χ2n) is 5.03. The zero-order valence-corrected chi connectivity index (χ0v) is 13.7. The summed E-state index contributed by atoms with van der Waals surface area (Å²) in [6, 6.07) is 5.46. The molecule has 0 aromatic heterocycles. The quantitative estimate of drug-likeness (QED) is 0.754. The van der Waals surface area contributed by atoms with Gasteiger partial charge < -0.3 is 10.0 Å². The highest BCUT2D eigenvalue weighted by Crippen LogP contribution is 2.24. The van der Waals surface area contributed by atoms with E-state index in [4.69, 9.17) is 11.6 Å². The van der Waals surface area contributed by atoms with E-state index in [9.17, 15) is 5.11 Å². The van der Waals surface area contributed by atoms with Crippen LogP contribution in [-0.2, 0) is 6.54 Å². The summed E-state index contributed by atoms with van der Waals surface area (Å²) >= 11 is 5.95. The van der Waals surface area contributed by atoms with Crippen molar-refractivity contribution >= 4 is 11.6 Å². The second kappa shape index (κ2) is 9.22. The third-order valence-corrected chi connectivity index (χ3v) is 4.01. The lowest BCUT2D eigenvalue weighted by Gasteiger charge is -2.23. The van der Waals surface area contributed by atoms with Crippen molar-refractivity contribution in [3.05, 3.63) is 28.8 Å². The van der Waals surface area contributed by atoms with E-state index in [0.29, 0.717) is 5.02 Å². The molecule has 0 saturated heterocycles. The van der Waals surface area contributed by atoms with Crippen molar-refractivity contribution in [3.8, 4) is 5.75 Å². The van der Waals surface area contributed by atoms with Crippen LogP contribution in [0.15, 0.2) is 18.2 Å². The highest BCUT2D eigenvalue weighted by Gasteiger charge is 2.07. The van der Waals surface area contributed by atoms with Crippen LogP contribution in [0.3, 0.4) is 0 Å². The fourth-order valence-electron chi connectivity index (χ4n) is 2.31. The van der Waals surface area contributed by atoms with Crippen LogP contribution in [0.5, 0.6) is 5.75 Å². The van der Waals surface area contributed by atoms with Crippen LogP contribution in [0.25, 0.3) is 0 Å². The van der Waals surface area contributed by atoms with Gasteiger partial charge in [0.15, 0.2) is 0 Å². The number of phenolic OH excluding ortho intramolecular Hbond substituents is 1. The van der Waals surface area contributed by atoms with Gasteiger partial charge in [-0.1, -0.05) is 38.4 Å². The molecule has 0 aliphatic rings. The molecule has 4 heteroatoms. The summed E-state index contributed by atoms with van der Waals surface area (Å²) in [7, 11) is 0. The molecule has 0 fully saturated rings. The minimum absolute atomic E-state index is 0.153. The van der Waals surface area contributed by atoms with Crippen LogP contribution in [0, 0.1) is 0 Å². The third kappa shape index (κ3) is 5.70. The summed E-state index contributed by atoms with van der Waals surface area (Å²) < 4.78 is 0. The first kappa shape index (κ1) is 17.3. The van der Waals surface area contributed by atoms with E-state index < -0.39 is 0 Å². The van der Waals surface area contributed by atoms with E-state index in [1.165, 1.54) is 6.42 Å². The zero-order chi connectivity index (χ0) is 15.0. The maximum absolute atomic E-state index is 9.44. The highest BCUT2D eigenvalue weighted by atomic mass is 35.5. The molecule has 114 valence electrons. The summed E-state index contributed by atoms with van der Waals surface area (Å²) in [4.78, 5) is 4.86. The molecular weight excluding hydrogens is 272 g/mol. The van der Waals surface area contributed by atoms with Crippen molar-refractivity contribution in [2.75, 3.05) is 32.7 Å². The van der Waals surface area contributed by atoms with E-state index in [0.717, 1.165) is 44.8 Å². The van der Waals surface area contributed by atoms with E-state index >= 15 is 0 Å². The molecule has 0 saturated carbocycles. The van der Waals surface area contributed by atoms with Crippen LogP contribution in [0.1, 0.15) is 32.8 Å². The monoisotopic (exact) mass is 298 g/mol. The molecule has 1 aromatic carbocycles. The summed E-state index contributed by atoms with van der Waals surface area (Å²) in [5, 5.41) is 9.87. The van der Waals surface area contributed by atoms with Crippen LogP contribution >= 0.6 is 11.6 Å². The molecule has 0 radical (unpaired) electrons. The number of hydrogen-bond donors (Lipinski definition) is 1. The lowest BCUT2D eigenvalue weighted by atomic mass is 10.2. The van der Waals surface area contributed by atoms with Crippen molar-refractivity contribution in [3.63, 3.8) is 0 Å². The van der Waals surface area contributed by atoms with Crippen LogP contribution in [0.2, 0.25) is 5.02 Å². The van der Waals surface area contributed by atoms with Gasteiger partial charge in [0.25, 0.3) is 0 Å². The zero-order valence-electron chi connectivity index (χ0n) is 12.9. The Bertz CT molecular complexity index is 394. The molecule has 0 atom stereocenters. The van der Waals surface area contributed by atoms with Gasteiger partial charge in [-0.2, -0.15) is 0 Å². The lowest BCUT2D eigenvalue weighted by Crippen LogP contribution is -2.29. The van der Waals surface area contributed by atoms with Crippen molar-refractivity contribution in [2.24, 2.45) is 0 Å². The normalized spacial score (nSPS) is 11.5. The first-order valence-corrected chi connectivity index (χ1v) is 7.90. The molecule has 3 nitrogen and oxygen atoms in total. The molecule has 0 bridgehead atoms. The minimum atomic E-state index is 0.153. The van der Waals surface area contributed by atoms with Crippen LogP contribution in [0.4, 0.5) is 0 Å². The molecule has 20 heavy (non-hydrogen) atoms. The van der Waals surface area contributed by atoms with Gasteiger partial charge in [0.05, 0.1) is 5.02 Å². The van der Waals surface area contributed by atoms with E-state index in [1.54, 1.807) is 6.07 Å². The van der Waals surface area contributed by atoms with Crippen LogP contribution in [-0.4, -0.2) is 47.6 Å². The number of benzene rings is 1. The van der Waals surface area contributed by atoms with Crippen molar-refractivity contribution < 1.29 is 5.11 Å². The number of rotatable bonds is 9. The van der Waals surface area contributed by atoms with Gasteiger partial charge in [0, 0.05) is 6.54 Å². The molecule has 0 aliphatic carbocycles. The van der Waals surface area contributed by atoms with Gasteiger partial charge in [-0.15, -0.1) is 0 Å². The molecule has 0 aliphatic heterocycles. The molecule has 0 amide bonds. The van der Waals surface area contributed by atoms with Gasteiger partial charge in [-0.05, 0) is 56.8 Å². The molecule has 1 aromatic rings. The highest BCUT2D eigenvalue weighted by molar-refractivity contribution is 6.32. The topological polar surface area (TPSA) is 26.7 Å². The largest absolute Gasteiger partial charge is 0.506 e. The van der Waals surface area contributed by atoms with Gasteiger partial charge in [-0.25, -0.2) is 0 Å². The van der Waals surface area contributed by atoms with E-state index in [1.807, 2.05) is 12.1 Å². The number of phenols is 1. The Hall–Kier alpha value is -0.770. The Labute approximate surface area is 128 Å². The van der Waals surface area contributed by atoms with Gasteiger partial charge >= 0.3 is 0 Å². The Morgan fingerprint density at radius 1 is 1.00 bits per heavy atom. The van der Waals surface area contributed by atoms with Crippen molar-refractivity contribution in [1.82, 2.24) is 9.80 Å². The van der Waals surface area contributed by atoms with Gasteiger partial charge in [-0.3, -0.25) is 4.90 Å². The molecule has 1 N–H and O–H groups in total. The standard InChI is InChI=1S/C16H27ClN2O/c1-4-18(5-2)10-7-11-19(6-3)13-14-8-9-16(20)15(17)12-14/h8-9,12,20H,4-7,10-11,13H2,1-3H3. The lowest BCUT2D eigenvalue weighted by molar-refractivity contribution is 0.238. The molecule has 0 heterocycles. The number of nitrogens with zero attached hydrogens (tertiary/aromatic N) is 2. The SMILES string of the molecule is CCN(CC)CCCN(CC)Cc1ccc(O)c(Cl)c1. The summed E-state index contributed by atoms with van der Waals surface area (Å²) in [5.74, 6) is 0.153. The number of hydrogen-bond acceptors (Lipinski definition) is 3. The number of aromatic hydroxyl groups is 1. The molecule has 1 rings (SSSR count).